The number of hydrogen-bond donors (Lipinski definition) is 2. The lowest BCUT2D eigenvalue weighted by Crippen LogP contribution is -2.44. The third kappa shape index (κ3) is 5.29. The number of halogens is 1. The lowest BCUT2D eigenvalue weighted by atomic mass is 10.1. The minimum atomic E-state index is -0.642. The summed E-state index contributed by atoms with van der Waals surface area (Å²) in [6.45, 7) is 2.74. The molecule has 2 amide bonds. The van der Waals surface area contributed by atoms with Crippen molar-refractivity contribution in [1.82, 2.24) is 20.2 Å². The highest BCUT2D eigenvalue weighted by atomic mass is 79.9. The molecule has 7 heteroatoms. The molecule has 0 aliphatic heterocycles. The molecule has 0 unspecified atom stereocenters. The fourth-order valence-corrected chi connectivity index (χ4v) is 3.01. The third-order valence-corrected chi connectivity index (χ3v) is 4.86. The Kier molecular flexibility index (Phi) is 6.60. The summed E-state index contributed by atoms with van der Waals surface area (Å²) in [5.74, 6) is -0.515. The molecule has 28 heavy (non-hydrogen) atoms. The van der Waals surface area contributed by atoms with E-state index in [-0.39, 0.29) is 11.8 Å². The number of hydrogen-bond acceptors (Lipinski definition) is 3. The number of aromatic nitrogens is 2. The predicted molar refractivity (Wildman–Crippen MR) is 111 cm³/mol. The van der Waals surface area contributed by atoms with Crippen molar-refractivity contribution in [3.05, 3.63) is 88.4 Å². The molecule has 2 N–H and O–H groups in total. The quantitative estimate of drug-likeness (QED) is 0.592. The van der Waals surface area contributed by atoms with Crippen LogP contribution >= 0.6 is 15.9 Å². The van der Waals surface area contributed by atoms with E-state index in [1.807, 2.05) is 35.0 Å². The number of nitrogens with one attached hydrogen (secondary N) is 2. The van der Waals surface area contributed by atoms with E-state index in [0.29, 0.717) is 18.7 Å². The smallest absolute Gasteiger partial charge is 0.251 e. The molecule has 1 atom stereocenters. The highest BCUT2D eigenvalue weighted by Gasteiger charge is 2.16. The molecule has 0 bridgehead atoms. The van der Waals surface area contributed by atoms with Gasteiger partial charge in [0, 0.05) is 35.5 Å². The van der Waals surface area contributed by atoms with Crippen LogP contribution in [0, 0.1) is 0 Å². The van der Waals surface area contributed by atoms with Crippen LogP contribution in [0.5, 0.6) is 0 Å². The minimum absolute atomic E-state index is 0.233. The van der Waals surface area contributed by atoms with Gasteiger partial charge in [0.1, 0.15) is 6.04 Å². The SMILES string of the molecule is C[C@@H](NC(=O)c1ccc(Br)cc1)C(=O)NCc1ccccc1Cn1ccnc1. The van der Waals surface area contributed by atoms with Gasteiger partial charge in [0.15, 0.2) is 0 Å². The number of amides is 2. The van der Waals surface area contributed by atoms with Crippen molar-refractivity contribution in [2.75, 3.05) is 0 Å². The van der Waals surface area contributed by atoms with Crippen LogP contribution in [0.1, 0.15) is 28.4 Å². The summed E-state index contributed by atoms with van der Waals surface area (Å²) in [5.41, 5.74) is 2.64. The van der Waals surface area contributed by atoms with E-state index in [4.69, 9.17) is 0 Å². The zero-order chi connectivity index (χ0) is 19.9. The summed E-state index contributed by atoms with van der Waals surface area (Å²) in [4.78, 5) is 28.7. The van der Waals surface area contributed by atoms with E-state index in [1.54, 1.807) is 43.7 Å². The molecule has 2 aromatic carbocycles. The Bertz CT molecular complexity index is 939. The van der Waals surface area contributed by atoms with Crippen molar-refractivity contribution in [3.8, 4) is 0 Å². The molecule has 0 radical (unpaired) electrons. The largest absolute Gasteiger partial charge is 0.350 e. The van der Waals surface area contributed by atoms with Crippen molar-refractivity contribution in [2.24, 2.45) is 0 Å². The average molecular weight is 441 g/mol. The van der Waals surface area contributed by atoms with Crippen molar-refractivity contribution >= 4 is 27.7 Å². The first-order valence-electron chi connectivity index (χ1n) is 8.89. The standard InChI is InChI=1S/C21H21BrN4O2/c1-15(25-21(28)16-6-8-19(22)9-7-16)20(27)24-12-17-4-2-3-5-18(17)13-26-11-10-23-14-26/h2-11,14-15H,12-13H2,1H3,(H,24,27)(H,25,28)/t15-/m1/s1. The first kappa shape index (κ1) is 19.8. The maximum atomic E-state index is 12.4. The summed E-state index contributed by atoms with van der Waals surface area (Å²) >= 11 is 3.33. The number of rotatable bonds is 7. The molecule has 0 aliphatic carbocycles. The normalized spacial score (nSPS) is 11.6. The average Bonchev–Trinajstić information content (AvgIpc) is 3.20. The van der Waals surface area contributed by atoms with Crippen LogP contribution in [0.15, 0.2) is 71.7 Å². The summed E-state index contributed by atoms with van der Waals surface area (Å²) < 4.78 is 2.87. The molecule has 144 valence electrons. The molecule has 0 spiro atoms. The van der Waals surface area contributed by atoms with Crippen LogP contribution < -0.4 is 10.6 Å². The maximum absolute atomic E-state index is 12.4. The van der Waals surface area contributed by atoms with E-state index in [2.05, 4.69) is 31.5 Å². The molecule has 0 fully saturated rings. The maximum Gasteiger partial charge on any atom is 0.251 e. The monoisotopic (exact) mass is 440 g/mol. The highest BCUT2D eigenvalue weighted by molar-refractivity contribution is 9.10. The summed E-state index contributed by atoms with van der Waals surface area (Å²) in [5, 5.41) is 5.62. The number of carbonyl (C=O) groups is 2. The van der Waals surface area contributed by atoms with Crippen LogP contribution in [-0.2, 0) is 17.9 Å². The Balaban J connectivity index is 1.56. The topological polar surface area (TPSA) is 76.0 Å². The van der Waals surface area contributed by atoms with Gasteiger partial charge in [0.2, 0.25) is 5.91 Å². The van der Waals surface area contributed by atoms with E-state index >= 15 is 0 Å². The molecule has 0 saturated carbocycles. The molecular formula is C21H21BrN4O2. The van der Waals surface area contributed by atoms with Crippen molar-refractivity contribution < 1.29 is 9.59 Å². The van der Waals surface area contributed by atoms with Gasteiger partial charge in [-0.25, -0.2) is 4.98 Å². The second kappa shape index (κ2) is 9.32. The first-order valence-corrected chi connectivity index (χ1v) is 9.69. The van der Waals surface area contributed by atoms with Gasteiger partial charge in [-0.2, -0.15) is 0 Å². The van der Waals surface area contributed by atoms with Crippen molar-refractivity contribution in [1.29, 1.82) is 0 Å². The van der Waals surface area contributed by atoms with Crippen LogP contribution in [0.2, 0.25) is 0 Å². The summed E-state index contributed by atoms with van der Waals surface area (Å²) in [6.07, 6.45) is 5.39. The van der Waals surface area contributed by atoms with Gasteiger partial charge < -0.3 is 15.2 Å². The van der Waals surface area contributed by atoms with E-state index in [0.717, 1.165) is 15.6 Å². The Morgan fingerprint density at radius 3 is 2.50 bits per heavy atom. The summed E-state index contributed by atoms with van der Waals surface area (Å²) in [6, 6.07) is 14.3. The van der Waals surface area contributed by atoms with Crippen LogP contribution in [-0.4, -0.2) is 27.4 Å². The number of imidazole rings is 1. The van der Waals surface area contributed by atoms with E-state index < -0.39 is 6.04 Å². The molecule has 0 saturated heterocycles. The second-order valence-corrected chi connectivity index (χ2v) is 7.34. The van der Waals surface area contributed by atoms with Gasteiger partial charge in [0.25, 0.3) is 5.91 Å². The highest BCUT2D eigenvalue weighted by Crippen LogP contribution is 2.12. The van der Waals surface area contributed by atoms with Crippen molar-refractivity contribution in [3.63, 3.8) is 0 Å². The molecule has 3 rings (SSSR count). The lowest BCUT2D eigenvalue weighted by molar-refractivity contribution is -0.122. The second-order valence-electron chi connectivity index (χ2n) is 6.42. The first-order chi connectivity index (χ1) is 13.5. The molecule has 0 aliphatic rings. The molecule has 3 aromatic rings. The van der Waals surface area contributed by atoms with Gasteiger partial charge in [-0.3, -0.25) is 9.59 Å². The van der Waals surface area contributed by atoms with Crippen LogP contribution in [0.4, 0.5) is 0 Å². The van der Waals surface area contributed by atoms with Gasteiger partial charge >= 0.3 is 0 Å². The zero-order valence-corrected chi connectivity index (χ0v) is 17.0. The Hall–Kier alpha value is -2.93. The van der Waals surface area contributed by atoms with Crippen molar-refractivity contribution in [2.45, 2.75) is 26.1 Å². The number of nitrogens with zero attached hydrogens (tertiary/aromatic N) is 2. The lowest BCUT2D eigenvalue weighted by Gasteiger charge is -2.16. The van der Waals surface area contributed by atoms with Gasteiger partial charge in [-0.05, 0) is 42.3 Å². The predicted octanol–water partition coefficient (Wildman–Crippen LogP) is 3.13. The minimum Gasteiger partial charge on any atom is -0.350 e. The Morgan fingerprint density at radius 2 is 1.82 bits per heavy atom. The van der Waals surface area contributed by atoms with Crippen LogP contribution in [0.3, 0.4) is 0 Å². The van der Waals surface area contributed by atoms with E-state index in [9.17, 15) is 9.59 Å². The number of benzene rings is 2. The fraction of sp³-hybridized carbons (Fsp3) is 0.190. The summed E-state index contributed by atoms with van der Waals surface area (Å²) in [7, 11) is 0. The van der Waals surface area contributed by atoms with Gasteiger partial charge in [-0.1, -0.05) is 40.2 Å². The van der Waals surface area contributed by atoms with Gasteiger partial charge in [-0.15, -0.1) is 0 Å². The van der Waals surface area contributed by atoms with E-state index in [1.165, 1.54) is 0 Å². The molecule has 6 nitrogen and oxygen atoms in total. The third-order valence-electron chi connectivity index (χ3n) is 4.33. The van der Waals surface area contributed by atoms with Gasteiger partial charge in [0.05, 0.1) is 6.33 Å². The Labute approximate surface area is 172 Å². The molecular weight excluding hydrogens is 420 g/mol. The van der Waals surface area contributed by atoms with Crippen LogP contribution in [0.25, 0.3) is 0 Å². The zero-order valence-electron chi connectivity index (χ0n) is 15.4. The fourth-order valence-electron chi connectivity index (χ4n) is 2.74. The number of carbonyl (C=O) groups excluding carboxylic acids is 2. The molecule has 1 aromatic heterocycles. The Morgan fingerprint density at radius 1 is 1.11 bits per heavy atom. The molecule has 1 heterocycles.